The van der Waals surface area contributed by atoms with E-state index in [0.29, 0.717) is 27.5 Å². The van der Waals surface area contributed by atoms with Crippen LogP contribution in [0.5, 0.6) is 0 Å². The Kier molecular flexibility index (Phi) is 5.53. The number of amides is 1. The highest BCUT2D eigenvalue weighted by molar-refractivity contribution is 7.99. The number of para-hydroxylation sites is 2. The summed E-state index contributed by atoms with van der Waals surface area (Å²) in [5, 5.41) is 4.81. The second-order valence-electron chi connectivity index (χ2n) is 5.98. The lowest BCUT2D eigenvalue weighted by atomic mass is 10.2. The molecule has 0 bridgehead atoms. The minimum absolute atomic E-state index is 0.0487. The maximum absolute atomic E-state index is 13.1. The van der Waals surface area contributed by atoms with E-state index in [1.54, 1.807) is 30.3 Å². The molecular formula is C21H16N4O3S. The summed E-state index contributed by atoms with van der Waals surface area (Å²) in [6.45, 7) is 0. The number of benzene rings is 2. The Hall–Kier alpha value is -3.65. The van der Waals surface area contributed by atoms with Crippen molar-refractivity contribution < 1.29 is 9.21 Å². The van der Waals surface area contributed by atoms with Gasteiger partial charge >= 0.3 is 0 Å². The molecular weight excluding hydrogens is 388 g/mol. The molecule has 4 aromatic rings. The number of carbonyl (C=O) groups excluding carboxylic acids is 1. The third-order valence-electron chi connectivity index (χ3n) is 4.02. The van der Waals surface area contributed by atoms with Gasteiger partial charge in [-0.2, -0.15) is 5.10 Å². The molecule has 8 heteroatoms. The highest BCUT2D eigenvalue weighted by Crippen LogP contribution is 2.21. The van der Waals surface area contributed by atoms with Gasteiger partial charge in [0.2, 0.25) is 0 Å². The fourth-order valence-electron chi connectivity index (χ4n) is 2.71. The molecule has 0 saturated heterocycles. The molecule has 1 amide bonds. The van der Waals surface area contributed by atoms with Crippen LogP contribution < -0.4 is 11.0 Å². The van der Waals surface area contributed by atoms with Crippen molar-refractivity contribution in [1.29, 1.82) is 0 Å². The van der Waals surface area contributed by atoms with Gasteiger partial charge in [0.25, 0.3) is 11.5 Å². The summed E-state index contributed by atoms with van der Waals surface area (Å²) in [6.07, 6.45) is 2.93. The number of nitrogens with zero attached hydrogens (tertiary/aromatic N) is 3. The average molecular weight is 404 g/mol. The Balaban J connectivity index is 1.59. The highest BCUT2D eigenvalue weighted by Gasteiger charge is 2.14. The van der Waals surface area contributed by atoms with Gasteiger partial charge in [-0.25, -0.2) is 10.4 Å². The fraction of sp³-hybridized carbons (Fsp3) is 0.0476. The number of hydrogen-bond donors (Lipinski definition) is 1. The lowest BCUT2D eigenvalue weighted by Crippen LogP contribution is -2.24. The van der Waals surface area contributed by atoms with Gasteiger partial charge in [-0.15, -0.1) is 0 Å². The number of carbonyl (C=O) groups is 1. The lowest BCUT2D eigenvalue weighted by molar-refractivity contribution is -0.118. The van der Waals surface area contributed by atoms with Gasteiger partial charge in [-0.05, 0) is 36.4 Å². The number of hydrogen-bond acceptors (Lipinski definition) is 6. The molecule has 1 N–H and O–H groups in total. The molecule has 2 aromatic heterocycles. The van der Waals surface area contributed by atoms with E-state index in [2.05, 4.69) is 15.5 Å². The molecule has 0 fully saturated rings. The Morgan fingerprint density at radius 2 is 1.90 bits per heavy atom. The van der Waals surface area contributed by atoms with Crippen molar-refractivity contribution in [2.45, 2.75) is 5.16 Å². The number of hydrazone groups is 1. The molecule has 0 saturated carbocycles. The minimum atomic E-state index is -0.320. The van der Waals surface area contributed by atoms with Crippen LogP contribution in [-0.2, 0) is 4.79 Å². The maximum atomic E-state index is 13.1. The number of aromatic nitrogens is 2. The van der Waals surface area contributed by atoms with E-state index in [0.717, 1.165) is 0 Å². The van der Waals surface area contributed by atoms with Crippen molar-refractivity contribution in [2.24, 2.45) is 5.10 Å². The molecule has 0 atom stereocenters. The largest absolute Gasteiger partial charge is 0.463 e. The van der Waals surface area contributed by atoms with Gasteiger partial charge in [-0.1, -0.05) is 42.1 Å². The van der Waals surface area contributed by atoms with Gasteiger partial charge in [0, 0.05) is 0 Å². The van der Waals surface area contributed by atoms with Crippen molar-refractivity contribution >= 4 is 34.8 Å². The molecule has 0 spiro atoms. The van der Waals surface area contributed by atoms with Crippen molar-refractivity contribution in [2.75, 3.05) is 5.75 Å². The number of thioether (sulfide) groups is 1. The number of rotatable bonds is 6. The smallest absolute Gasteiger partial charge is 0.266 e. The minimum Gasteiger partial charge on any atom is -0.463 e. The van der Waals surface area contributed by atoms with Gasteiger partial charge in [0.15, 0.2) is 5.16 Å². The standard InChI is InChI=1S/C21H16N4O3S/c26-19(24-22-13-16-9-6-12-28-16)14-29-21-23-18-11-5-4-10-17(18)20(27)25(21)15-7-2-1-3-8-15/h1-13H,14H2,(H,24,26). The summed E-state index contributed by atoms with van der Waals surface area (Å²) in [4.78, 5) is 29.8. The van der Waals surface area contributed by atoms with Crippen LogP contribution >= 0.6 is 11.8 Å². The van der Waals surface area contributed by atoms with E-state index in [4.69, 9.17) is 4.42 Å². The van der Waals surface area contributed by atoms with E-state index in [-0.39, 0.29) is 17.2 Å². The summed E-state index contributed by atoms with van der Waals surface area (Å²) in [5.41, 5.74) is 3.53. The van der Waals surface area contributed by atoms with Gasteiger partial charge in [0.05, 0.1) is 34.8 Å². The van der Waals surface area contributed by atoms with Crippen LogP contribution in [0.1, 0.15) is 5.76 Å². The molecule has 0 radical (unpaired) electrons. The average Bonchev–Trinajstić information content (AvgIpc) is 3.26. The van der Waals surface area contributed by atoms with E-state index >= 15 is 0 Å². The molecule has 0 aliphatic heterocycles. The first kappa shape index (κ1) is 18.7. The van der Waals surface area contributed by atoms with E-state index in [9.17, 15) is 9.59 Å². The predicted molar refractivity (Wildman–Crippen MR) is 113 cm³/mol. The summed E-state index contributed by atoms with van der Waals surface area (Å²) < 4.78 is 6.63. The molecule has 0 unspecified atom stereocenters. The van der Waals surface area contributed by atoms with Crippen LogP contribution in [0.25, 0.3) is 16.6 Å². The van der Waals surface area contributed by atoms with Crippen molar-refractivity contribution in [3.8, 4) is 5.69 Å². The molecule has 4 rings (SSSR count). The van der Waals surface area contributed by atoms with Crippen LogP contribution in [0.15, 0.2) is 92.5 Å². The number of nitrogens with one attached hydrogen (secondary N) is 1. The summed E-state index contributed by atoms with van der Waals surface area (Å²) in [6, 6.07) is 19.8. The number of fused-ring (bicyclic) bond motifs is 1. The van der Waals surface area contributed by atoms with Crippen LogP contribution in [-0.4, -0.2) is 27.4 Å². The number of furan rings is 1. The molecule has 144 valence electrons. The van der Waals surface area contributed by atoms with E-state index in [1.165, 1.54) is 28.8 Å². The second kappa shape index (κ2) is 8.57. The molecule has 29 heavy (non-hydrogen) atoms. The third-order valence-corrected chi connectivity index (χ3v) is 4.95. The Labute approximate surface area is 170 Å². The molecule has 0 aliphatic rings. The summed E-state index contributed by atoms with van der Waals surface area (Å²) in [5.74, 6) is 0.263. The first-order valence-electron chi connectivity index (χ1n) is 8.78. The predicted octanol–water partition coefficient (Wildman–Crippen LogP) is 3.22. The first-order valence-corrected chi connectivity index (χ1v) is 9.76. The zero-order valence-electron chi connectivity index (χ0n) is 15.2. The lowest BCUT2D eigenvalue weighted by Gasteiger charge is -2.12. The zero-order chi connectivity index (χ0) is 20.1. The second-order valence-corrected chi connectivity index (χ2v) is 6.93. The van der Waals surface area contributed by atoms with Gasteiger partial charge in [0.1, 0.15) is 5.76 Å². The van der Waals surface area contributed by atoms with Crippen molar-refractivity contribution in [3.63, 3.8) is 0 Å². The van der Waals surface area contributed by atoms with Crippen LogP contribution in [0, 0.1) is 0 Å². The quantitative estimate of drug-likeness (QED) is 0.231. The van der Waals surface area contributed by atoms with Gasteiger partial charge in [-0.3, -0.25) is 14.2 Å². The Bertz CT molecular complexity index is 1220. The summed E-state index contributed by atoms with van der Waals surface area (Å²) in [7, 11) is 0. The van der Waals surface area contributed by atoms with Crippen molar-refractivity contribution in [3.05, 3.63) is 89.1 Å². The molecule has 2 heterocycles. The van der Waals surface area contributed by atoms with Crippen LogP contribution in [0.4, 0.5) is 0 Å². The highest BCUT2D eigenvalue weighted by atomic mass is 32.2. The Morgan fingerprint density at radius 1 is 1.10 bits per heavy atom. The summed E-state index contributed by atoms with van der Waals surface area (Å²) >= 11 is 1.17. The zero-order valence-corrected chi connectivity index (χ0v) is 16.0. The normalized spacial score (nSPS) is 11.2. The third kappa shape index (κ3) is 4.27. The monoisotopic (exact) mass is 404 g/mol. The fourth-order valence-corrected chi connectivity index (χ4v) is 3.51. The Morgan fingerprint density at radius 3 is 2.69 bits per heavy atom. The van der Waals surface area contributed by atoms with Crippen molar-refractivity contribution in [1.82, 2.24) is 15.0 Å². The molecule has 7 nitrogen and oxygen atoms in total. The molecule has 2 aromatic carbocycles. The maximum Gasteiger partial charge on any atom is 0.266 e. The molecule has 0 aliphatic carbocycles. The van der Waals surface area contributed by atoms with Crippen LogP contribution in [0.3, 0.4) is 0 Å². The van der Waals surface area contributed by atoms with E-state index in [1.807, 2.05) is 36.4 Å². The SMILES string of the molecule is O=C(CSc1nc2ccccc2c(=O)n1-c1ccccc1)NN=Cc1ccco1. The van der Waals surface area contributed by atoms with E-state index < -0.39 is 0 Å². The topological polar surface area (TPSA) is 89.5 Å². The van der Waals surface area contributed by atoms with Crippen LogP contribution in [0.2, 0.25) is 0 Å². The first-order chi connectivity index (χ1) is 14.2. The van der Waals surface area contributed by atoms with Gasteiger partial charge < -0.3 is 4.42 Å².